The lowest BCUT2D eigenvalue weighted by atomic mass is 10.5. The van der Waals surface area contributed by atoms with Crippen molar-refractivity contribution < 1.29 is 26.6 Å². The highest BCUT2D eigenvalue weighted by atomic mass is 35.5. The zero-order valence-electron chi connectivity index (χ0n) is 13.5. The second-order valence-corrected chi connectivity index (χ2v) is 4.38. The highest BCUT2D eigenvalue weighted by molar-refractivity contribution is 7.80. The second-order valence-electron chi connectivity index (χ2n) is 2.86. The van der Waals surface area contributed by atoms with E-state index in [9.17, 15) is 14.4 Å². The average Bonchev–Trinajstić information content (AvgIpc) is 2.83. The Hall–Kier alpha value is -1.98. The van der Waals surface area contributed by atoms with Gasteiger partial charge in [-0.2, -0.15) is 0 Å². The van der Waals surface area contributed by atoms with Gasteiger partial charge in [0.25, 0.3) is 5.78 Å². The van der Waals surface area contributed by atoms with Gasteiger partial charge >= 0.3 is 11.9 Å². The summed E-state index contributed by atoms with van der Waals surface area (Å²) in [5.41, 5.74) is 14.5. The first-order chi connectivity index (χ1) is 11.0. The van der Waals surface area contributed by atoms with E-state index in [0.29, 0.717) is 0 Å². The van der Waals surface area contributed by atoms with Crippen molar-refractivity contribution in [2.45, 2.75) is 0 Å². The number of carbonyl (C=O) groups is 3. The zero-order valence-corrected chi connectivity index (χ0v) is 13.9. The predicted octanol–water partition coefficient (Wildman–Crippen LogP) is -0.332. The highest BCUT2D eigenvalue weighted by Crippen LogP contribution is 2.11. The number of Topliss-reactive ketones (excluding diaryl/α,β-unsaturated/α-hetero) is 1. The van der Waals surface area contributed by atoms with E-state index in [4.69, 9.17) is 20.1 Å². The molecule has 12 heteroatoms. The molecule has 1 atom stereocenters. The standard InChI is InChI=1S/C5H6N2O2S.C4H5ClO3.CH4N2S/c1-9-4(8)3-2-10-5(6)7-3;1-8-4(7)3(6)2-5;2-1(3)4/h2H,1H3,(H2,6,7);2H2,1H3;(H4,2,3,4)/i2*2D;. The Kier molecular flexibility index (Phi) is 10.5. The van der Waals surface area contributed by atoms with Gasteiger partial charge in [0.05, 0.1) is 22.8 Å². The number of thiocarbonyl (C=S) groups is 1. The van der Waals surface area contributed by atoms with Crippen LogP contribution in [0.2, 0.25) is 0 Å². The first-order valence-electron chi connectivity index (χ1n) is 6.10. The monoisotopic (exact) mass is 372 g/mol. The number of thiazole rings is 1. The molecule has 0 aliphatic carbocycles. The van der Waals surface area contributed by atoms with Crippen LogP contribution in [0.5, 0.6) is 0 Å². The number of aromatic nitrogens is 1. The molecule has 1 heterocycles. The van der Waals surface area contributed by atoms with E-state index in [1.165, 1.54) is 7.11 Å². The van der Waals surface area contributed by atoms with Crippen molar-refractivity contribution in [1.82, 2.24) is 4.98 Å². The summed E-state index contributed by atoms with van der Waals surface area (Å²) in [6.07, 6.45) is 0. The number of nitrogen functional groups attached to an aromatic ring is 1. The number of esters is 2. The van der Waals surface area contributed by atoms with E-state index < -0.39 is 23.6 Å². The third-order valence-electron chi connectivity index (χ3n) is 1.34. The number of nitrogens with zero attached hydrogens (tertiary/aromatic N) is 1. The van der Waals surface area contributed by atoms with E-state index in [1.807, 2.05) is 0 Å². The number of ether oxygens (including phenoxy) is 2. The number of hydrogen-bond acceptors (Lipinski definition) is 9. The first kappa shape index (κ1) is 18.1. The summed E-state index contributed by atoms with van der Waals surface area (Å²) in [7, 11) is 2.29. The van der Waals surface area contributed by atoms with Gasteiger partial charge in [0.1, 0.15) is 0 Å². The molecule has 0 saturated carbocycles. The molecule has 0 amide bonds. The van der Waals surface area contributed by atoms with E-state index in [2.05, 4.69) is 38.1 Å². The molecule has 0 bridgehead atoms. The van der Waals surface area contributed by atoms with Crippen LogP contribution in [0.25, 0.3) is 0 Å². The Balaban J connectivity index is 0. The van der Waals surface area contributed by atoms with Crippen molar-refractivity contribution in [2.75, 3.05) is 25.8 Å². The quantitative estimate of drug-likeness (QED) is 0.277. The molecule has 0 radical (unpaired) electrons. The van der Waals surface area contributed by atoms with Crippen LogP contribution in [0.3, 0.4) is 0 Å². The maximum atomic E-state index is 10.8. The van der Waals surface area contributed by atoms with Gasteiger partial charge in [-0.15, -0.1) is 22.9 Å². The molecule has 1 unspecified atom stereocenters. The van der Waals surface area contributed by atoms with Gasteiger partial charge in [-0.1, -0.05) is 0 Å². The summed E-state index contributed by atoms with van der Waals surface area (Å²) in [4.78, 5) is 34.9. The number of carbonyl (C=O) groups excluding carboxylic acids is 3. The largest absolute Gasteiger partial charge is 0.464 e. The highest BCUT2D eigenvalue weighted by Gasteiger charge is 2.10. The van der Waals surface area contributed by atoms with Crippen molar-refractivity contribution in [1.29, 1.82) is 0 Å². The van der Waals surface area contributed by atoms with Gasteiger partial charge in [-0.25, -0.2) is 14.6 Å². The number of anilines is 1. The van der Waals surface area contributed by atoms with Crippen molar-refractivity contribution >= 4 is 63.1 Å². The topological polar surface area (TPSA) is 161 Å². The Labute approximate surface area is 143 Å². The van der Waals surface area contributed by atoms with Crippen molar-refractivity contribution in [3.05, 3.63) is 11.1 Å². The lowest BCUT2D eigenvalue weighted by Crippen LogP contribution is -2.18. The minimum Gasteiger partial charge on any atom is -0.464 e. The summed E-state index contributed by atoms with van der Waals surface area (Å²) in [5.74, 6) is -4.29. The second kappa shape index (κ2) is 12.7. The minimum absolute atomic E-state index is 0.000000000000000222. The van der Waals surface area contributed by atoms with Crippen molar-refractivity contribution in [3.8, 4) is 0 Å². The lowest BCUT2D eigenvalue weighted by molar-refractivity contribution is -0.150. The van der Waals surface area contributed by atoms with Crippen molar-refractivity contribution in [2.24, 2.45) is 11.5 Å². The Morgan fingerprint density at radius 1 is 1.45 bits per heavy atom. The summed E-state index contributed by atoms with van der Waals surface area (Å²) >= 11 is 9.96. The molecule has 0 aromatic carbocycles. The van der Waals surface area contributed by atoms with Gasteiger partial charge in [0.15, 0.2) is 15.9 Å². The molecule has 9 nitrogen and oxygen atoms in total. The maximum absolute atomic E-state index is 10.8. The average molecular weight is 373 g/mol. The summed E-state index contributed by atoms with van der Waals surface area (Å²) < 4.78 is 22.1. The molecule has 124 valence electrons. The van der Waals surface area contributed by atoms with Crippen LogP contribution in [-0.4, -0.2) is 47.9 Å². The van der Waals surface area contributed by atoms with Crippen LogP contribution in [0.15, 0.2) is 5.36 Å². The lowest BCUT2D eigenvalue weighted by Gasteiger charge is -1.89. The molecule has 0 aliphatic rings. The van der Waals surface area contributed by atoms with Crippen LogP contribution in [0.4, 0.5) is 5.13 Å². The zero-order chi connectivity index (χ0) is 19.4. The van der Waals surface area contributed by atoms with Gasteiger partial charge in [0.2, 0.25) is 0 Å². The van der Waals surface area contributed by atoms with Gasteiger partial charge < -0.3 is 26.7 Å². The number of rotatable bonds is 3. The molecule has 1 rings (SSSR count). The van der Waals surface area contributed by atoms with Gasteiger partial charge in [-0.3, -0.25) is 4.79 Å². The predicted molar refractivity (Wildman–Crippen MR) is 86.6 cm³/mol. The van der Waals surface area contributed by atoms with E-state index in [1.54, 1.807) is 0 Å². The van der Waals surface area contributed by atoms with Crippen LogP contribution in [0.1, 0.15) is 13.2 Å². The van der Waals surface area contributed by atoms with Crippen molar-refractivity contribution in [3.63, 3.8) is 0 Å². The number of methoxy groups -OCH3 is 2. The van der Waals surface area contributed by atoms with Crippen LogP contribution in [-0.2, 0) is 19.1 Å². The van der Waals surface area contributed by atoms with Gasteiger partial charge in [0, 0.05) is 5.36 Å². The maximum Gasteiger partial charge on any atom is 0.375 e. The molecule has 0 saturated heterocycles. The van der Waals surface area contributed by atoms with E-state index in [-0.39, 0.29) is 21.3 Å². The molecular formula is C10H15ClN4O5S2. The molecule has 1 aromatic heterocycles. The Bertz CT molecular complexity index is 596. The SMILES string of the molecule is NC(N)=S.[2H]C(Cl)C(=O)C(=O)OC.[2H]c1sc(N)nc1C(=O)OC. The van der Waals surface area contributed by atoms with Crippen LogP contribution >= 0.6 is 35.2 Å². The first-order valence-corrected chi connectivity index (χ1v) is 6.68. The number of alkyl halides is 1. The molecule has 0 fully saturated rings. The third kappa shape index (κ3) is 11.8. The van der Waals surface area contributed by atoms with E-state index in [0.717, 1.165) is 18.4 Å². The molecule has 0 spiro atoms. The number of hydrogen-bond donors (Lipinski definition) is 3. The molecule has 6 N–H and O–H groups in total. The minimum atomic E-state index is -1.54. The number of ketones is 1. The van der Waals surface area contributed by atoms with Crippen LogP contribution in [0, 0.1) is 0 Å². The number of halogens is 1. The molecule has 1 aromatic rings. The Morgan fingerprint density at radius 2 is 1.95 bits per heavy atom. The number of nitrogens with two attached hydrogens (primary N) is 3. The third-order valence-corrected chi connectivity index (χ3v) is 2.13. The Morgan fingerprint density at radius 3 is 2.18 bits per heavy atom. The fraction of sp³-hybridized carbons (Fsp3) is 0.300. The molecular weight excluding hydrogens is 356 g/mol. The smallest absolute Gasteiger partial charge is 0.375 e. The van der Waals surface area contributed by atoms with Crippen LogP contribution < -0.4 is 17.2 Å². The molecule has 22 heavy (non-hydrogen) atoms. The normalized spacial score (nSPS) is 11.0. The summed E-state index contributed by atoms with van der Waals surface area (Å²) in [5, 5.41) is 0.241. The van der Waals surface area contributed by atoms with E-state index >= 15 is 0 Å². The summed E-state index contributed by atoms with van der Waals surface area (Å²) in [6, 6.07) is 0. The summed E-state index contributed by atoms with van der Waals surface area (Å²) in [6.45, 7) is 0. The fourth-order valence-corrected chi connectivity index (χ4v) is 1.14. The van der Waals surface area contributed by atoms with Gasteiger partial charge in [-0.05, 0) is 12.2 Å². The fourth-order valence-electron chi connectivity index (χ4n) is 0.586. The molecule has 0 aliphatic heterocycles.